The molecule has 0 aromatic heterocycles. The fourth-order valence-corrected chi connectivity index (χ4v) is 3.59. The Labute approximate surface area is 164 Å². The zero-order valence-corrected chi connectivity index (χ0v) is 15.8. The van der Waals surface area contributed by atoms with E-state index >= 15 is 0 Å². The number of hydrogen-bond acceptors (Lipinski definition) is 6. The van der Waals surface area contributed by atoms with E-state index in [4.69, 9.17) is 23.7 Å². The summed E-state index contributed by atoms with van der Waals surface area (Å²) < 4.78 is 29.5. The summed E-state index contributed by atoms with van der Waals surface area (Å²) in [7, 11) is 0. The maximum atomic E-state index is 10.6. The topological polar surface area (TPSA) is 66.4 Å². The van der Waals surface area contributed by atoms with E-state index in [0.717, 1.165) is 11.1 Å². The predicted molar refractivity (Wildman–Crippen MR) is 101 cm³/mol. The molecule has 28 heavy (non-hydrogen) atoms. The third-order valence-electron chi connectivity index (χ3n) is 5.02. The Morgan fingerprint density at radius 1 is 0.857 bits per heavy atom. The zero-order valence-electron chi connectivity index (χ0n) is 15.8. The number of aliphatic hydroxyl groups is 1. The Morgan fingerprint density at radius 2 is 1.43 bits per heavy atom. The summed E-state index contributed by atoms with van der Waals surface area (Å²) >= 11 is 0. The van der Waals surface area contributed by atoms with E-state index in [9.17, 15) is 5.11 Å². The van der Waals surface area contributed by atoms with Crippen molar-refractivity contribution in [3.63, 3.8) is 0 Å². The van der Waals surface area contributed by atoms with Crippen molar-refractivity contribution in [1.29, 1.82) is 0 Å². The molecule has 2 fully saturated rings. The first-order valence-corrected chi connectivity index (χ1v) is 9.62. The maximum absolute atomic E-state index is 10.6. The predicted octanol–water partition coefficient (Wildman–Crippen LogP) is 2.64. The molecule has 2 aliphatic heterocycles. The van der Waals surface area contributed by atoms with Crippen LogP contribution in [0.5, 0.6) is 0 Å². The van der Waals surface area contributed by atoms with Crippen molar-refractivity contribution >= 4 is 0 Å². The molecule has 4 rings (SSSR count). The molecule has 0 unspecified atom stereocenters. The van der Waals surface area contributed by atoms with Gasteiger partial charge in [-0.1, -0.05) is 60.7 Å². The lowest BCUT2D eigenvalue weighted by Gasteiger charge is -2.47. The molecule has 2 aromatic rings. The van der Waals surface area contributed by atoms with Crippen molar-refractivity contribution in [3.05, 3.63) is 71.8 Å². The van der Waals surface area contributed by atoms with Crippen LogP contribution in [0.15, 0.2) is 60.7 Å². The fourth-order valence-electron chi connectivity index (χ4n) is 3.59. The van der Waals surface area contributed by atoms with Crippen LogP contribution in [0.3, 0.4) is 0 Å². The summed E-state index contributed by atoms with van der Waals surface area (Å²) in [5, 5.41) is 10.6. The van der Waals surface area contributed by atoms with Crippen LogP contribution in [0.2, 0.25) is 0 Å². The number of fused-ring (bicyclic) bond motifs is 1. The van der Waals surface area contributed by atoms with Crippen molar-refractivity contribution < 1.29 is 28.8 Å². The molecule has 2 heterocycles. The lowest BCUT2D eigenvalue weighted by atomic mass is 9.97. The molecule has 1 N–H and O–H groups in total. The van der Waals surface area contributed by atoms with Crippen LogP contribution in [-0.4, -0.2) is 48.7 Å². The fraction of sp³-hybridized carbons (Fsp3) is 0.455. The van der Waals surface area contributed by atoms with Gasteiger partial charge in [-0.15, -0.1) is 0 Å². The van der Waals surface area contributed by atoms with Gasteiger partial charge in [0.15, 0.2) is 12.6 Å². The minimum Gasteiger partial charge on any atom is -0.368 e. The lowest BCUT2D eigenvalue weighted by molar-refractivity contribution is -0.361. The van der Waals surface area contributed by atoms with Gasteiger partial charge in [-0.05, 0) is 18.1 Å². The standard InChI is InChI=1S/C22H26O6/c1-15-24-14-18-19(27-15)20(25-12-16-8-4-2-5-9-16)21(22(23)28-18)26-13-17-10-6-3-7-11-17/h2-11,15,18-23H,12-14H2,1H3/t15-,18-,19-,20+,21-,22-/m1/s1. The third kappa shape index (κ3) is 4.60. The van der Waals surface area contributed by atoms with Gasteiger partial charge < -0.3 is 28.8 Å². The Morgan fingerprint density at radius 3 is 2.04 bits per heavy atom. The molecule has 2 aromatic carbocycles. The van der Waals surface area contributed by atoms with Crippen LogP contribution in [0.4, 0.5) is 0 Å². The van der Waals surface area contributed by atoms with Crippen molar-refractivity contribution in [3.8, 4) is 0 Å². The van der Waals surface area contributed by atoms with Crippen molar-refractivity contribution in [1.82, 2.24) is 0 Å². The van der Waals surface area contributed by atoms with E-state index in [1.54, 1.807) is 0 Å². The van der Waals surface area contributed by atoms with Gasteiger partial charge in [0.25, 0.3) is 0 Å². The van der Waals surface area contributed by atoms with Crippen LogP contribution in [0.25, 0.3) is 0 Å². The van der Waals surface area contributed by atoms with Gasteiger partial charge in [-0.3, -0.25) is 0 Å². The van der Waals surface area contributed by atoms with Gasteiger partial charge in [0, 0.05) is 0 Å². The SMILES string of the molecule is C[C@@H]1OC[C@H]2O[C@@H](O)[C@H](OCc3ccccc3)[C@@H](OCc3ccccc3)[C@@H]2O1. The van der Waals surface area contributed by atoms with Gasteiger partial charge in [0.1, 0.15) is 24.4 Å². The second kappa shape index (κ2) is 9.13. The Hall–Kier alpha value is -1.80. The number of ether oxygens (including phenoxy) is 5. The van der Waals surface area contributed by atoms with Crippen LogP contribution < -0.4 is 0 Å². The van der Waals surface area contributed by atoms with E-state index in [1.165, 1.54) is 0 Å². The monoisotopic (exact) mass is 386 g/mol. The molecule has 0 saturated carbocycles. The molecular weight excluding hydrogens is 360 g/mol. The van der Waals surface area contributed by atoms with Crippen LogP contribution in [-0.2, 0) is 36.9 Å². The molecule has 2 aliphatic rings. The average Bonchev–Trinajstić information content (AvgIpc) is 2.73. The van der Waals surface area contributed by atoms with Crippen LogP contribution in [0, 0.1) is 0 Å². The molecule has 0 aliphatic carbocycles. The molecule has 0 radical (unpaired) electrons. The van der Waals surface area contributed by atoms with Gasteiger partial charge in [-0.25, -0.2) is 0 Å². The van der Waals surface area contributed by atoms with Crippen molar-refractivity contribution in [2.24, 2.45) is 0 Å². The summed E-state index contributed by atoms with van der Waals surface area (Å²) in [6.07, 6.45) is -3.41. The van der Waals surface area contributed by atoms with Gasteiger partial charge in [0.2, 0.25) is 0 Å². The second-order valence-corrected chi connectivity index (χ2v) is 7.09. The minimum absolute atomic E-state index is 0.347. The molecule has 0 spiro atoms. The Bertz CT molecular complexity index is 724. The summed E-state index contributed by atoms with van der Waals surface area (Å²) in [5.74, 6) is 0. The van der Waals surface area contributed by atoms with Crippen LogP contribution >= 0.6 is 0 Å². The van der Waals surface area contributed by atoms with E-state index in [-0.39, 0.29) is 12.4 Å². The smallest absolute Gasteiger partial charge is 0.184 e. The number of hydrogen-bond donors (Lipinski definition) is 1. The third-order valence-corrected chi connectivity index (χ3v) is 5.02. The molecule has 6 atom stereocenters. The first-order valence-electron chi connectivity index (χ1n) is 9.62. The lowest BCUT2D eigenvalue weighted by Crippen LogP contribution is -2.63. The summed E-state index contributed by atoms with van der Waals surface area (Å²) in [6.45, 7) is 2.93. The summed E-state index contributed by atoms with van der Waals surface area (Å²) in [6, 6.07) is 19.7. The van der Waals surface area contributed by atoms with Gasteiger partial charge >= 0.3 is 0 Å². The molecule has 6 nitrogen and oxygen atoms in total. The highest BCUT2D eigenvalue weighted by atomic mass is 16.7. The molecule has 150 valence electrons. The maximum Gasteiger partial charge on any atom is 0.184 e. The van der Waals surface area contributed by atoms with Crippen LogP contribution in [0.1, 0.15) is 18.1 Å². The van der Waals surface area contributed by atoms with E-state index in [1.807, 2.05) is 67.6 Å². The summed E-state index contributed by atoms with van der Waals surface area (Å²) in [4.78, 5) is 0. The zero-order chi connectivity index (χ0) is 19.3. The Kier molecular flexibility index (Phi) is 6.36. The van der Waals surface area contributed by atoms with Gasteiger partial charge in [-0.2, -0.15) is 0 Å². The number of aliphatic hydroxyl groups excluding tert-OH is 1. The molecule has 0 amide bonds. The van der Waals surface area contributed by atoms with E-state index in [0.29, 0.717) is 19.8 Å². The normalized spacial score (nSPS) is 32.6. The number of benzene rings is 2. The van der Waals surface area contributed by atoms with E-state index < -0.39 is 24.6 Å². The Balaban J connectivity index is 1.50. The highest BCUT2D eigenvalue weighted by molar-refractivity contribution is 5.14. The molecular formula is C22H26O6. The van der Waals surface area contributed by atoms with Crippen molar-refractivity contribution in [2.75, 3.05) is 6.61 Å². The van der Waals surface area contributed by atoms with Gasteiger partial charge in [0.05, 0.1) is 19.8 Å². The minimum atomic E-state index is -1.12. The quantitative estimate of drug-likeness (QED) is 0.823. The summed E-state index contributed by atoms with van der Waals surface area (Å²) in [5.41, 5.74) is 2.06. The van der Waals surface area contributed by atoms with Crippen molar-refractivity contribution in [2.45, 2.75) is 57.1 Å². The second-order valence-electron chi connectivity index (χ2n) is 7.09. The first-order chi connectivity index (χ1) is 13.7. The number of rotatable bonds is 6. The largest absolute Gasteiger partial charge is 0.368 e. The van der Waals surface area contributed by atoms with E-state index in [2.05, 4.69) is 0 Å². The highest BCUT2D eigenvalue weighted by Gasteiger charge is 2.50. The molecule has 2 saturated heterocycles. The average molecular weight is 386 g/mol. The molecule has 6 heteroatoms. The molecule has 0 bridgehead atoms. The highest BCUT2D eigenvalue weighted by Crippen LogP contribution is 2.32. The first kappa shape index (κ1) is 19.5.